The lowest BCUT2D eigenvalue weighted by Crippen LogP contribution is -2.17. The molecule has 0 aliphatic heterocycles. The van der Waals surface area contributed by atoms with Crippen molar-refractivity contribution in [3.8, 4) is 0 Å². The molecule has 2 N–H and O–H groups in total. The third-order valence-corrected chi connectivity index (χ3v) is 2.86. The van der Waals surface area contributed by atoms with Crippen molar-refractivity contribution in [1.82, 2.24) is 0 Å². The van der Waals surface area contributed by atoms with E-state index in [4.69, 9.17) is 16.7 Å². The number of amides is 1. The van der Waals surface area contributed by atoms with Gasteiger partial charge in [-0.1, -0.05) is 11.6 Å². The Bertz CT molecular complexity index is 624. The quantitative estimate of drug-likeness (QED) is 0.504. The van der Waals surface area contributed by atoms with E-state index in [1.54, 1.807) is 0 Å². The van der Waals surface area contributed by atoms with Gasteiger partial charge in [-0.25, -0.2) is 4.79 Å². The van der Waals surface area contributed by atoms with Gasteiger partial charge in [0.05, 0.1) is 4.92 Å². The van der Waals surface area contributed by atoms with Crippen LogP contribution in [-0.4, -0.2) is 21.9 Å². The summed E-state index contributed by atoms with van der Waals surface area (Å²) in [6.45, 7) is 2.58. The van der Waals surface area contributed by atoms with Crippen molar-refractivity contribution < 1.29 is 19.6 Å². The largest absolute Gasteiger partial charge is 0.478 e. The number of carbonyl (C=O) groups excluding carboxylic acids is 1. The summed E-state index contributed by atoms with van der Waals surface area (Å²) >= 11 is 5.72. The lowest BCUT2D eigenvalue weighted by Gasteiger charge is -2.08. The molecule has 1 rings (SSSR count). The Morgan fingerprint density at radius 1 is 1.30 bits per heavy atom. The topological polar surface area (TPSA) is 110 Å². The average Bonchev–Trinajstić information content (AvgIpc) is 2.36. The van der Waals surface area contributed by atoms with Crippen molar-refractivity contribution in [3.63, 3.8) is 0 Å². The highest BCUT2D eigenvalue weighted by molar-refractivity contribution is 6.31. The second kappa shape index (κ2) is 6.16. The second-order valence-corrected chi connectivity index (χ2v) is 4.36. The first-order valence-corrected chi connectivity index (χ1v) is 5.78. The predicted octanol–water partition coefficient (Wildman–Crippen LogP) is 2.61. The summed E-state index contributed by atoms with van der Waals surface area (Å²) in [4.78, 5) is 32.8. The van der Waals surface area contributed by atoms with Gasteiger partial charge in [0.2, 0.25) is 0 Å². The number of anilines is 1. The highest BCUT2D eigenvalue weighted by atomic mass is 35.5. The molecule has 0 aliphatic rings. The summed E-state index contributed by atoms with van der Waals surface area (Å²) in [5.74, 6) is -1.98. The number of halogens is 1. The summed E-state index contributed by atoms with van der Waals surface area (Å²) in [5.41, 5.74) is -0.618. The van der Waals surface area contributed by atoms with Gasteiger partial charge < -0.3 is 10.4 Å². The molecule has 1 amide bonds. The molecule has 20 heavy (non-hydrogen) atoms. The minimum atomic E-state index is -1.24. The van der Waals surface area contributed by atoms with Crippen LogP contribution in [0.4, 0.5) is 11.4 Å². The van der Waals surface area contributed by atoms with Crippen molar-refractivity contribution in [2.45, 2.75) is 13.8 Å². The van der Waals surface area contributed by atoms with E-state index >= 15 is 0 Å². The number of rotatable bonds is 4. The number of nitrogens with zero attached hydrogens (tertiary/aromatic N) is 1. The Balaban J connectivity index is 3.14. The zero-order valence-electron chi connectivity index (χ0n) is 10.6. The normalized spacial score (nSPS) is 11.6. The number of nitro benzene ring substituents is 1. The Morgan fingerprint density at radius 2 is 1.90 bits per heavy atom. The fraction of sp³-hybridized carbons (Fsp3) is 0.167. The Kier molecular flexibility index (Phi) is 4.82. The van der Waals surface area contributed by atoms with E-state index < -0.39 is 16.8 Å². The van der Waals surface area contributed by atoms with Gasteiger partial charge in [-0.05, 0) is 26.0 Å². The Hall–Kier alpha value is -2.41. The number of carboxylic acid groups (broad SMARTS) is 1. The first-order valence-electron chi connectivity index (χ1n) is 5.40. The van der Waals surface area contributed by atoms with Crippen LogP contribution < -0.4 is 5.32 Å². The minimum Gasteiger partial charge on any atom is -0.478 e. The number of nitrogens with one attached hydrogen (secondary N) is 1. The summed E-state index contributed by atoms with van der Waals surface area (Å²) < 4.78 is 0. The van der Waals surface area contributed by atoms with Crippen molar-refractivity contribution in [1.29, 1.82) is 0 Å². The molecule has 0 atom stereocenters. The number of hydrogen-bond donors (Lipinski definition) is 2. The molecular formula is C12H11ClN2O5. The minimum absolute atomic E-state index is 0.0493. The van der Waals surface area contributed by atoms with Crippen LogP contribution in [0.25, 0.3) is 0 Å². The van der Waals surface area contributed by atoms with Gasteiger partial charge in [-0.15, -0.1) is 0 Å². The van der Waals surface area contributed by atoms with Crippen LogP contribution >= 0.6 is 11.6 Å². The molecule has 0 saturated carbocycles. The van der Waals surface area contributed by atoms with Crippen LogP contribution in [0.2, 0.25) is 5.02 Å². The van der Waals surface area contributed by atoms with Crippen molar-refractivity contribution >= 4 is 34.9 Å². The molecule has 0 saturated heterocycles. The zero-order valence-corrected chi connectivity index (χ0v) is 11.4. The fourth-order valence-electron chi connectivity index (χ4n) is 1.31. The van der Waals surface area contributed by atoms with E-state index in [2.05, 4.69) is 5.32 Å². The predicted molar refractivity (Wildman–Crippen MR) is 72.7 cm³/mol. The van der Waals surface area contributed by atoms with Gasteiger partial charge in [-0.2, -0.15) is 0 Å². The molecule has 0 radical (unpaired) electrons. The van der Waals surface area contributed by atoms with Crippen LogP contribution in [0.15, 0.2) is 29.3 Å². The van der Waals surface area contributed by atoms with Gasteiger partial charge in [0.25, 0.3) is 11.6 Å². The van der Waals surface area contributed by atoms with Gasteiger partial charge in [0.15, 0.2) is 0 Å². The molecule has 106 valence electrons. The molecule has 0 fully saturated rings. The van der Waals surface area contributed by atoms with Crippen molar-refractivity contribution in [2.75, 3.05) is 5.32 Å². The van der Waals surface area contributed by atoms with Crippen LogP contribution in [-0.2, 0) is 9.59 Å². The monoisotopic (exact) mass is 298 g/mol. The Labute approximate surface area is 119 Å². The maximum atomic E-state index is 11.8. The molecule has 0 aromatic heterocycles. The molecule has 1 aromatic rings. The second-order valence-electron chi connectivity index (χ2n) is 3.93. The highest BCUT2D eigenvalue weighted by Gasteiger charge is 2.19. The average molecular weight is 299 g/mol. The molecule has 1 aromatic carbocycles. The number of carboxylic acids is 1. The van der Waals surface area contributed by atoms with E-state index in [1.807, 2.05) is 0 Å². The number of aliphatic carboxylic acids is 1. The molecule has 0 aliphatic carbocycles. The summed E-state index contributed by atoms with van der Waals surface area (Å²) in [7, 11) is 0. The van der Waals surface area contributed by atoms with Gasteiger partial charge in [0.1, 0.15) is 5.69 Å². The SMILES string of the molecule is CC(C(=O)O)=C(C)C(=O)Nc1cc(Cl)ccc1[N+](=O)[O-]. The smallest absolute Gasteiger partial charge is 0.331 e. The van der Waals surface area contributed by atoms with E-state index in [0.29, 0.717) is 0 Å². The van der Waals surface area contributed by atoms with Gasteiger partial charge in [0, 0.05) is 22.2 Å². The maximum absolute atomic E-state index is 11.8. The van der Waals surface area contributed by atoms with Crippen LogP contribution in [0.3, 0.4) is 0 Å². The first kappa shape index (κ1) is 15.6. The molecule has 0 bridgehead atoms. The Morgan fingerprint density at radius 3 is 2.40 bits per heavy atom. The van der Waals surface area contributed by atoms with Crippen molar-refractivity contribution in [2.24, 2.45) is 0 Å². The van der Waals surface area contributed by atoms with E-state index in [9.17, 15) is 19.7 Å². The molecule has 0 spiro atoms. The number of nitro groups is 1. The maximum Gasteiger partial charge on any atom is 0.331 e. The lowest BCUT2D eigenvalue weighted by atomic mass is 10.1. The number of carbonyl (C=O) groups is 2. The number of benzene rings is 1. The molecular weight excluding hydrogens is 288 g/mol. The highest BCUT2D eigenvalue weighted by Crippen LogP contribution is 2.28. The molecule has 7 nitrogen and oxygen atoms in total. The van der Waals surface area contributed by atoms with Crippen LogP contribution in [0.5, 0.6) is 0 Å². The van der Waals surface area contributed by atoms with Gasteiger partial charge in [-0.3, -0.25) is 14.9 Å². The van der Waals surface area contributed by atoms with E-state index in [0.717, 1.165) is 6.07 Å². The van der Waals surface area contributed by atoms with Crippen molar-refractivity contribution in [3.05, 3.63) is 44.5 Å². The number of hydrogen-bond acceptors (Lipinski definition) is 4. The third-order valence-electron chi connectivity index (χ3n) is 2.63. The van der Waals surface area contributed by atoms with Gasteiger partial charge >= 0.3 is 5.97 Å². The van der Waals surface area contributed by atoms with Crippen LogP contribution in [0, 0.1) is 10.1 Å². The zero-order chi connectivity index (χ0) is 15.4. The third kappa shape index (κ3) is 3.55. The molecule has 0 unspecified atom stereocenters. The summed E-state index contributed by atoms with van der Waals surface area (Å²) in [6.07, 6.45) is 0. The summed E-state index contributed by atoms with van der Waals surface area (Å²) in [5, 5.41) is 22.1. The first-order chi connectivity index (χ1) is 9.23. The fourth-order valence-corrected chi connectivity index (χ4v) is 1.49. The lowest BCUT2D eigenvalue weighted by molar-refractivity contribution is -0.383. The standard InChI is InChI=1S/C12H11ClN2O5/c1-6(7(2)12(17)18)11(16)14-9-5-8(13)3-4-10(9)15(19)20/h3-5H,1-2H3,(H,14,16)(H,17,18). The van der Waals surface area contributed by atoms with E-state index in [-0.39, 0.29) is 27.5 Å². The van der Waals surface area contributed by atoms with E-state index in [1.165, 1.54) is 26.0 Å². The summed E-state index contributed by atoms with van der Waals surface area (Å²) in [6, 6.07) is 3.70. The molecule has 0 heterocycles. The van der Waals surface area contributed by atoms with Crippen LogP contribution in [0.1, 0.15) is 13.8 Å². The molecule has 8 heteroatoms.